The van der Waals surface area contributed by atoms with Gasteiger partial charge in [0.2, 0.25) is 5.91 Å². The number of carbonyl (C=O) groups excluding carboxylic acids is 1. The van der Waals surface area contributed by atoms with Gasteiger partial charge in [0.15, 0.2) is 0 Å². The number of ether oxygens (including phenoxy) is 3. The summed E-state index contributed by atoms with van der Waals surface area (Å²) in [6.45, 7) is 11.7. The van der Waals surface area contributed by atoms with Gasteiger partial charge in [0.1, 0.15) is 18.3 Å². The van der Waals surface area contributed by atoms with Crippen LogP contribution in [0.5, 0.6) is 0 Å². The molecular formula is C34H62N2O9. The summed E-state index contributed by atoms with van der Waals surface area (Å²) in [5, 5.41) is 55.8. The molecule has 0 aliphatic heterocycles. The zero-order chi connectivity index (χ0) is 34.0. The summed E-state index contributed by atoms with van der Waals surface area (Å²) in [6, 6.07) is 8.41. The normalized spacial score (nSPS) is 17.2. The van der Waals surface area contributed by atoms with E-state index in [1.807, 2.05) is 65.0 Å². The summed E-state index contributed by atoms with van der Waals surface area (Å²) in [7, 11) is 0. The molecule has 0 aliphatic rings. The molecule has 8 N–H and O–H groups in total. The van der Waals surface area contributed by atoms with Crippen LogP contribution >= 0.6 is 0 Å². The summed E-state index contributed by atoms with van der Waals surface area (Å²) >= 11 is 0. The molecule has 0 radical (unpaired) electrons. The van der Waals surface area contributed by atoms with Crippen LogP contribution in [0.25, 0.3) is 0 Å². The number of rotatable bonds is 25. The van der Waals surface area contributed by atoms with Crippen LogP contribution in [0.3, 0.4) is 0 Å². The minimum atomic E-state index is -1.29. The number of aliphatic hydroxyl groups excluding tert-OH is 5. The molecule has 1 aromatic rings. The average Bonchev–Trinajstić information content (AvgIpc) is 2.98. The zero-order valence-electron chi connectivity index (χ0n) is 28.4. The molecule has 11 nitrogen and oxygen atoms in total. The van der Waals surface area contributed by atoms with Crippen molar-refractivity contribution in [2.75, 3.05) is 26.4 Å². The number of hydrogen-bond donors (Lipinski definition) is 7. The molecule has 0 aromatic heterocycles. The lowest BCUT2D eigenvalue weighted by Gasteiger charge is -2.34. The number of hydrogen-bond acceptors (Lipinski definition) is 10. The van der Waals surface area contributed by atoms with Crippen LogP contribution in [0.2, 0.25) is 0 Å². The molecule has 1 rings (SSSR count). The Morgan fingerprint density at radius 2 is 1.58 bits per heavy atom. The van der Waals surface area contributed by atoms with Gasteiger partial charge in [-0.3, -0.25) is 4.79 Å². The molecule has 262 valence electrons. The van der Waals surface area contributed by atoms with Gasteiger partial charge in [0.05, 0.1) is 55.4 Å². The highest BCUT2D eigenvalue weighted by Gasteiger charge is 2.33. The third-order valence-corrected chi connectivity index (χ3v) is 8.05. The van der Waals surface area contributed by atoms with E-state index in [1.165, 1.54) is 0 Å². The Kier molecular flexibility index (Phi) is 19.5. The fourth-order valence-corrected chi connectivity index (χ4v) is 4.89. The number of aliphatic hydroxyl groups is 5. The Morgan fingerprint density at radius 1 is 0.933 bits per heavy atom. The van der Waals surface area contributed by atoms with Crippen molar-refractivity contribution in [1.29, 1.82) is 0 Å². The van der Waals surface area contributed by atoms with Gasteiger partial charge in [-0.2, -0.15) is 0 Å². The lowest BCUT2D eigenvalue weighted by atomic mass is 9.93. The second-order valence-corrected chi connectivity index (χ2v) is 13.3. The first-order chi connectivity index (χ1) is 21.1. The maximum atomic E-state index is 12.7. The van der Waals surface area contributed by atoms with Crippen molar-refractivity contribution in [3.63, 3.8) is 0 Å². The molecule has 0 aliphatic carbocycles. The third-order valence-electron chi connectivity index (χ3n) is 8.05. The molecule has 0 bridgehead atoms. The first-order valence-corrected chi connectivity index (χ1v) is 16.4. The molecule has 1 amide bonds. The molecule has 1 aromatic carbocycles. The Bertz CT molecular complexity index is 916. The Hall–Kier alpha value is -1.67. The van der Waals surface area contributed by atoms with E-state index >= 15 is 0 Å². The third kappa shape index (κ3) is 17.2. The smallest absolute Gasteiger partial charge is 0.220 e. The molecule has 0 spiro atoms. The maximum absolute atomic E-state index is 12.7. The second-order valence-electron chi connectivity index (χ2n) is 13.3. The van der Waals surface area contributed by atoms with Crippen molar-refractivity contribution in [2.45, 2.75) is 147 Å². The Balaban J connectivity index is 2.94. The van der Waals surface area contributed by atoms with Crippen molar-refractivity contribution in [2.24, 2.45) is 5.73 Å². The van der Waals surface area contributed by atoms with Gasteiger partial charge in [-0.25, -0.2) is 0 Å². The molecule has 0 heterocycles. The van der Waals surface area contributed by atoms with Crippen LogP contribution in [0.15, 0.2) is 30.3 Å². The van der Waals surface area contributed by atoms with Crippen molar-refractivity contribution < 1.29 is 44.5 Å². The quantitative estimate of drug-likeness (QED) is 0.0835. The van der Waals surface area contributed by atoms with E-state index in [-0.39, 0.29) is 43.8 Å². The number of amides is 1. The van der Waals surface area contributed by atoms with Gasteiger partial charge in [-0.1, -0.05) is 43.7 Å². The van der Waals surface area contributed by atoms with Crippen molar-refractivity contribution >= 4 is 5.91 Å². The van der Waals surface area contributed by atoms with Crippen LogP contribution in [0.1, 0.15) is 92.1 Å². The monoisotopic (exact) mass is 642 g/mol. The molecule has 0 fully saturated rings. The topological polar surface area (TPSA) is 184 Å². The highest BCUT2D eigenvalue weighted by molar-refractivity contribution is 5.76. The van der Waals surface area contributed by atoms with Gasteiger partial charge >= 0.3 is 0 Å². The molecule has 0 saturated carbocycles. The number of nitrogens with one attached hydrogen (secondary N) is 1. The van der Waals surface area contributed by atoms with E-state index < -0.39 is 54.9 Å². The highest BCUT2D eigenvalue weighted by Crippen LogP contribution is 2.22. The minimum absolute atomic E-state index is 0.0150. The lowest BCUT2D eigenvalue weighted by molar-refractivity contribution is -0.166. The second kappa shape index (κ2) is 21.3. The average molecular weight is 643 g/mol. The fourth-order valence-electron chi connectivity index (χ4n) is 4.89. The van der Waals surface area contributed by atoms with Crippen molar-refractivity contribution in [3.05, 3.63) is 35.9 Å². The lowest BCUT2D eigenvalue weighted by Crippen LogP contribution is -2.50. The SMILES string of the molecule is CCCCC(=O)N[C@@H](CCC(OC(COC(C)(C)CCOC(C)(C)CCN)[C@@H](C)O)[C@@H](O)CO)[C@H](O)[C@H](O)Cc1ccccc1. The van der Waals surface area contributed by atoms with Crippen LogP contribution < -0.4 is 11.1 Å². The van der Waals surface area contributed by atoms with Crippen LogP contribution in [0, 0.1) is 0 Å². The zero-order valence-corrected chi connectivity index (χ0v) is 28.4. The fraction of sp³-hybridized carbons (Fsp3) is 0.794. The molecule has 11 heteroatoms. The molecule has 0 saturated heterocycles. The van der Waals surface area contributed by atoms with Gasteiger partial charge in [-0.05, 0) is 78.8 Å². The maximum Gasteiger partial charge on any atom is 0.220 e. The summed E-state index contributed by atoms with van der Waals surface area (Å²) in [5.74, 6) is -0.249. The van der Waals surface area contributed by atoms with Crippen LogP contribution in [0.4, 0.5) is 0 Å². The number of unbranched alkanes of at least 4 members (excludes halogenated alkanes) is 1. The molecule has 45 heavy (non-hydrogen) atoms. The number of nitrogens with two attached hydrogens (primary N) is 1. The van der Waals surface area contributed by atoms with Crippen molar-refractivity contribution in [1.82, 2.24) is 5.32 Å². The van der Waals surface area contributed by atoms with Crippen LogP contribution in [-0.2, 0) is 25.4 Å². The molecule has 2 unspecified atom stereocenters. The predicted molar refractivity (Wildman–Crippen MR) is 175 cm³/mol. The van der Waals surface area contributed by atoms with E-state index in [4.69, 9.17) is 19.9 Å². The Labute approximate surface area is 270 Å². The Morgan fingerprint density at radius 3 is 2.16 bits per heavy atom. The first kappa shape index (κ1) is 41.4. The molecular weight excluding hydrogens is 580 g/mol. The van der Waals surface area contributed by atoms with Crippen LogP contribution in [-0.4, -0.2) is 112 Å². The largest absolute Gasteiger partial charge is 0.394 e. The van der Waals surface area contributed by atoms with E-state index in [0.717, 1.165) is 18.4 Å². The summed E-state index contributed by atoms with van der Waals surface area (Å²) in [5.41, 5.74) is 5.56. The summed E-state index contributed by atoms with van der Waals surface area (Å²) < 4.78 is 18.2. The van der Waals surface area contributed by atoms with E-state index in [0.29, 0.717) is 26.0 Å². The first-order valence-electron chi connectivity index (χ1n) is 16.4. The van der Waals surface area contributed by atoms with Gasteiger partial charge < -0.3 is 50.8 Å². The van der Waals surface area contributed by atoms with Gasteiger partial charge in [0, 0.05) is 12.8 Å². The number of carbonyl (C=O) groups is 1. The predicted octanol–water partition coefficient (Wildman–Crippen LogP) is 2.22. The van der Waals surface area contributed by atoms with E-state index in [2.05, 4.69) is 5.32 Å². The standard InChI is InChI=1S/C34H62N2O9/c1-7-8-14-31(41)36-26(32(42)27(39)21-25-12-10-9-11-13-25)15-16-29(28(40)22-37)45-30(24(2)38)23-44-34(5,6)18-20-43-33(3,4)17-19-35/h9-13,24,26-30,32,37-40,42H,7-8,14-23,35H2,1-6H3,(H,36,41)/t24-,26+,27-,28+,29?,30?,32+/m1/s1. The van der Waals surface area contributed by atoms with Gasteiger partial charge in [0.25, 0.3) is 0 Å². The highest BCUT2D eigenvalue weighted by atomic mass is 16.6. The summed E-state index contributed by atoms with van der Waals surface area (Å²) in [4.78, 5) is 12.7. The summed E-state index contributed by atoms with van der Waals surface area (Å²) in [6.07, 6.45) is -2.94. The minimum Gasteiger partial charge on any atom is -0.394 e. The van der Waals surface area contributed by atoms with Gasteiger partial charge in [-0.15, -0.1) is 0 Å². The van der Waals surface area contributed by atoms with Crippen molar-refractivity contribution in [3.8, 4) is 0 Å². The number of benzene rings is 1. The molecule has 7 atom stereocenters. The van der Waals surface area contributed by atoms with E-state index in [1.54, 1.807) is 6.92 Å². The van der Waals surface area contributed by atoms with E-state index in [9.17, 15) is 30.3 Å².